The molecule has 4 heterocycles. The van der Waals surface area contributed by atoms with Gasteiger partial charge in [0.05, 0.1) is 0 Å². The molecule has 1 aliphatic heterocycles. The fraction of sp³-hybridized carbons (Fsp3) is 0.412. The molecule has 0 spiro atoms. The molecule has 11 heteroatoms. The molecule has 0 aliphatic carbocycles. The van der Waals surface area contributed by atoms with Crippen molar-refractivity contribution in [3.8, 4) is 0 Å². The van der Waals surface area contributed by atoms with Gasteiger partial charge in [-0.1, -0.05) is 0 Å². The third-order valence-corrected chi connectivity index (χ3v) is 4.60. The Kier molecular flexibility index (Phi) is 4.44. The smallest absolute Gasteiger partial charge is 0.365 e. The first kappa shape index (κ1) is 18.3. The van der Waals surface area contributed by atoms with Gasteiger partial charge in [0, 0.05) is 57.9 Å². The average Bonchev–Trinajstić information content (AvgIpc) is 3.28. The van der Waals surface area contributed by atoms with E-state index in [9.17, 15) is 13.2 Å². The molecule has 28 heavy (non-hydrogen) atoms. The molecule has 1 atom stereocenters. The van der Waals surface area contributed by atoms with Crippen LogP contribution in [0.1, 0.15) is 12.1 Å². The second-order valence-corrected chi connectivity index (χ2v) is 6.84. The van der Waals surface area contributed by atoms with Crippen LogP contribution in [-0.2, 0) is 6.18 Å². The maximum atomic E-state index is 13.0. The topological polar surface area (TPSA) is 74.5 Å². The van der Waals surface area contributed by atoms with E-state index >= 15 is 0 Å². The number of anilines is 3. The number of nitrogens with zero attached hydrogens (tertiary/aromatic N) is 7. The summed E-state index contributed by atoms with van der Waals surface area (Å²) in [6, 6.07) is 1.94. The summed E-state index contributed by atoms with van der Waals surface area (Å²) >= 11 is 0. The molecule has 1 saturated heterocycles. The van der Waals surface area contributed by atoms with Crippen molar-refractivity contribution in [3.05, 3.63) is 36.7 Å². The highest BCUT2D eigenvalue weighted by atomic mass is 19.4. The average molecular weight is 392 g/mol. The SMILES string of the molecule is CN(C)c1cc(NC2CCN(c3nccn4cc(C(F)(F)F)nc34)C2)ncn1. The third kappa shape index (κ3) is 3.51. The lowest BCUT2D eigenvalue weighted by Gasteiger charge is -2.19. The number of nitrogens with one attached hydrogen (secondary N) is 1. The number of rotatable bonds is 4. The van der Waals surface area contributed by atoms with Crippen LogP contribution in [-0.4, -0.2) is 57.6 Å². The standard InChI is InChI=1S/C17H19F3N8/c1-26(2)14-7-13(22-10-23-14)24-11-3-5-27(8-11)15-16-25-12(17(18,19)20)9-28(16)6-4-21-15/h4,6-7,9-11H,3,5,8H2,1-2H3,(H,22,23,24). The van der Waals surface area contributed by atoms with Crippen LogP contribution in [0.3, 0.4) is 0 Å². The van der Waals surface area contributed by atoms with Crippen molar-refractivity contribution in [1.82, 2.24) is 24.3 Å². The Balaban J connectivity index is 1.53. The highest BCUT2D eigenvalue weighted by Crippen LogP contribution is 2.31. The molecule has 1 unspecified atom stereocenters. The fourth-order valence-corrected chi connectivity index (χ4v) is 3.22. The van der Waals surface area contributed by atoms with Gasteiger partial charge < -0.3 is 19.5 Å². The summed E-state index contributed by atoms with van der Waals surface area (Å²) in [5, 5.41) is 3.36. The van der Waals surface area contributed by atoms with Gasteiger partial charge in [0.2, 0.25) is 0 Å². The van der Waals surface area contributed by atoms with E-state index in [-0.39, 0.29) is 11.7 Å². The summed E-state index contributed by atoms with van der Waals surface area (Å²) < 4.78 is 40.3. The summed E-state index contributed by atoms with van der Waals surface area (Å²) in [5.41, 5.74) is -0.722. The molecule has 8 nitrogen and oxygen atoms in total. The minimum atomic E-state index is -4.49. The van der Waals surface area contributed by atoms with E-state index in [0.29, 0.717) is 24.7 Å². The molecule has 3 aromatic heterocycles. The highest BCUT2D eigenvalue weighted by molar-refractivity contribution is 5.65. The van der Waals surface area contributed by atoms with E-state index in [0.717, 1.165) is 18.4 Å². The van der Waals surface area contributed by atoms with Gasteiger partial charge in [0.15, 0.2) is 17.2 Å². The predicted octanol–water partition coefficient (Wildman–Crippen LogP) is 2.29. The van der Waals surface area contributed by atoms with Crippen LogP contribution >= 0.6 is 0 Å². The van der Waals surface area contributed by atoms with E-state index in [1.165, 1.54) is 23.1 Å². The Labute approximate surface area is 159 Å². The zero-order valence-electron chi connectivity index (χ0n) is 15.3. The van der Waals surface area contributed by atoms with Crippen molar-refractivity contribution < 1.29 is 13.2 Å². The number of aromatic nitrogens is 5. The molecule has 1 N–H and O–H groups in total. The van der Waals surface area contributed by atoms with E-state index < -0.39 is 11.9 Å². The number of halogens is 3. The minimum absolute atomic E-state index is 0.0871. The molecule has 0 aromatic carbocycles. The first-order chi connectivity index (χ1) is 13.3. The van der Waals surface area contributed by atoms with Gasteiger partial charge in [-0.05, 0) is 6.42 Å². The van der Waals surface area contributed by atoms with Crippen LogP contribution in [0, 0.1) is 0 Å². The van der Waals surface area contributed by atoms with Crippen LogP contribution in [0.5, 0.6) is 0 Å². The number of hydrogen-bond donors (Lipinski definition) is 1. The Morgan fingerprint density at radius 3 is 2.79 bits per heavy atom. The van der Waals surface area contributed by atoms with Gasteiger partial charge in [-0.2, -0.15) is 13.2 Å². The number of imidazole rings is 1. The highest BCUT2D eigenvalue weighted by Gasteiger charge is 2.35. The summed E-state index contributed by atoms with van der Waals surface area (Å²) in [4.78, 5) is 20.3. The van der Waals surface area contributed by atoms with Gasteiger partial charge in [-0.15, -0.1) is 0 Å². The molecule has 148 valence electrons. The lowest BCUT2D eigenvalue weighted by molar-refractivity contribution is -0.140. The van der Waals surface area contributed by atoms with Crippen LogP contribution < -0.4 is 15.1 Å². The Hall–Kier alpha value is -3.11. The molecule has 0 amide bonds. The summed E-state index contributed by atoms with van der Waals surface area (Å²) in [7, 11) is 3.80. The second kappa shape index (κ2) is 6.80. The first-order valence-corrected chi connectivity index (χ1v) is 8.73. The zero-order chi connectivity index (χ0) is 19.9. The molecule has 0 bridgehead atoms. The van der Waals surface area contributed by atoms with Crippen LogP contribution in [0.15, 0.2) is 31.0 Å². The largest absolute Gasteiger partial charge is 0.434 e. The van der Waals surface area contributed by atoms with Crippen molar-refractivity contribution in [3.63, 3.8) is 0 Å². The van der Waals surface area contributed by atoms with Gasteiger partial charge in [-0.3, -0.25) is 0 Å². The third-order valence-electron chi connectivity index (χ3n) is 4.60. The Morgan fingerprint density at radius 1 is 1.21 bits per heavy atom. The first-order valence-electron chi connectivity index (χ1n) is 8.73. The molecular weight excluding hydrogens is 373 g/mol. The van der Waals surface area contributed by atoms with E-state index in [1.54, 1.807) is 0 Å². The van der Waals surface area contributed by atoms with Gasteiger partial charge in [0.25, 0.3) is 0 Å². The summed E-state index contributed by atoms with van der Waals surface area (Å²) in [6.07, 6.45) is 1.74. The molecule has 3 aromatic rings. The zero-order valence-corrected chi connectivity index (χ0v) is 15.3. The number of alkyl halides is 3. The van der Waals surface area contributed by atoms with Gasteiger partial charge in [-0.25, -0.2) is 19.9 Å². The van der Waals surface area contributed by atoms with Crippen molar-refractivity contribution in [2.45, 2.75) is 18.6 Å². The molecule has 1 aliphatic rings. The van der Waals surface area contributed by atoms with Crippen molar-refractivity contribution in [1.29, 1.82) is 0 Å². The quantitative estimate of drug-likeness (QED) is 0.730. The molecular formula is C17H19F3N8. The fourth-order valence-electron chi connectivity index (χ4n) is 3.22. The predicted molar refractivity (Wildman–Crippen MR) is 98.6 cm³/mol. The van der Waals surface area contributed by atoms with Crippen LogP contribution in [0.25, 0.3) is 5.65 Å². The van der Waals surface area contributed by atoms with Crippen molar-refractivity contribution in [2.24, 2.45) is 0 Å². The molecule has 0 radical (unpaired) electrons. The maximum Gasteiger partial charge on any atom is 0.434 e. The van der Waals surface area contributed by atoms with Crippen molar-refractivity contribution >= 4 is 23.1 Å². The minimum Gasteiger partial charge on any atom is -0.365 e. The Bertz CT molecular complexity index is 984. The van der Waals surface area contributed by atoms with Gasteiger partial charge in [0.1, 0.15) is 18.0 Å². The molecule has 0 saturated carbocycles. The second-order valence-electron chi connectivity index (χ2n) is 6.84. The lowest BCUT2D eigenvalue weighted by atomic mass is 10.2. The van der Waals surface area contributed by atoms with Crippen LogP contribution in [0.2, 0.25) is 0 Å². The molecule has 4 rings (SSSR count). The molecule has 1 fully saturated rings. The maximum absolute atomic E-state index is 13.0. The van der Waals surface area contributed by atoms with E-state index in [2.05, 4.69) is 25.3 Å². The monoisotopic (exact) mass is 392 g/mol. The van der Waals surface area contributed by atoms with Crippen LogP contribution in [0.4, 0.5) is 30.6 Å². The number of fused-ring (bicyclic) bond motifs is 1. The Morgan fingerprint density at radius 2 is 2.04 bits per heavy atom. The lowest BCUT2D eigenvalue weighted by Crippen LogP contribution is -2.27. The van der Waals surface area contributed by atoms with Crippen molar-refractivity contribution in [2.75, 3.05) is 42.3 Å². The van der Waals surface area contributed by atoms with E-state index in [1.807, 2.05) is 30.0 Å². The number of hydrogen-bond acceptors (Lipinski definition) is 7. The summed E-state index contributed by atoms with van der Waals surface area (Å²) in [6.45, 7) is 1.24. The summed E-state index contributed by atoms with van der Waals surface area (Å²) in [5.74, 6) is 1.94. The van der Waals surface area contributed by atoms with Gasteiger partial charge >= 0.3 is 6.18 Å². The van der Waals surface area contributed by atoms with E-state index in [4.69, 9.17) is 0 Å². The normalized spacial score (nSPS) is 17.3.